The van der Waals surface area contributed by atoms with Gasteiger partial charge in [-0.3, -0.25) is 15.0 Å². The molecule has 1 aromatic heterocycles. The number of piperazine rings is 1. The summed E-state index contributed by atoms with van der Waals surface area (Å²) in [6, 6.07) is 3.43. The van der Waals surface area contributed by atoms with Gasteiger partial charge in [-0.25, -0.2) is 4.98 Å². The van der Waals surface area contributed by atoms with Crippen molar-refractivity contribution in [3.8, 4) is 5.75 Å². The van der Waals surface area contributed by atoms with Crippen molar-refractivity contribution in [2.45, 2.75) is 20.2 Å². The van der Waals surface area contributed by atoms with E-state index >= 15 is 0 Å². The lowest BCUT2D eigenvalue weighted by Crippen LogP contribution is -2.45. The minimum atomic E-state index is -4.86. The second-order valence-corrected chi connectivity index (χ2v) is 7.04. The molecule has 1 fully saturated rings. The minimum absolute atomic E-state index is 0.0597. The molecule has 172 valence electrons. The smallest absolute Gasteiger partial charge is 0.406 e. The van der Waals surface area contributed by atoms with Gasteiger partial charge in [-0.2, -0.15) is 0 Å². The van der Waals surface area contributed by atoms with Crippen molar-refractivity contribution in [3.63, 3.8) is 0 Å². The predicted molar refractivity (Wildman–Crippen MR) is 114 cm³/mol. The second kappa shape index (κ2) is 10.8. The van der Waals surface area contributed by atoms with E-state index in [1.54, 1.807) is 0 Å². The van der Waals surface area contributed by atoms with E-state index in [4.69, 9.17) is 11.6 Å². The maximum absolute atomic E-state index is 12.5. The van der Waals surface area contributed by atoms with Gasteiger partial charge in [0.15, 0.2) is 0 Å². The van der Waals surface area contributed by atoms with Crippen LogP contribution in [0.3, 0.4) is 0 Å². The van der Waals surface area contributed by atoms with Gasteiger partial charge in [0.2, 0.25) is 5.15 Å². The van der Waals surface area contributed by atoms with Gasteiger partial charge in [0, 0.05) is 50.7 Å². The van der Waals surface area contributed by atoms with Crippen LogP contribution in [0.4, 0.5) is 24.5 Å². The number of ether oxygens (including phenoxy) is 1. The molecule has 12 heteroatoms. The van der Waals surface area contributed by atoms with E-state index < -0.39 is 27.9 Å². The number of anilines is 1. The number of nitrogens with one attached hydrogen (secondary N) is 1. The van der Waals surface area contributed by atoms with E-state index in [9.17, 15) is 23.3 Å². The van der Waals surface area contributed by atoms with Crippen LogP contribution < -0.4 is 10.1 Å². The normalized spacial score (nSPS) is 15.3. The van der Waals surface area contributed by atoms with Crippen LogP contribution in [-0.2, 0) is 0 Å². The summed E-state index contributed by atoms with van der Waals surface area (Å²) in [4.78, 5) is 19.1. The standard InChI is InChI=1S/C17H19ClF3N5O3.C2H6/c1-24-6-8-25(9-7-24)5-4-22-14-12-3-2-11(29-17(19,20)21)10-13(12)23-16(18)15(14)26(27)28;1-2/h2-3,10H,4-9H2,1H3,(H,22,23);1-2H3. The SMILES string of the molecule is CC.CN1CCN(CCNc2c([N+](=O)[O-])c(Cl)nc3cc(OC(F)(F)F)ccc23)CC1. The number of likely N-dealkylation sites (N-methyl/N-ethyl adjacent to an activating group) is 1. The molecule has 1 aliphatic heterocycles. The monoisotopic (exact) mass is 463 g/mol. The summed E-state index contributed by atoms with van der Waals surface area (Å²) in [7, 11) is 2.04. The zero-order valence-electron chi connectivity index (χ0n) is 17.5. The van der Waals surface area contributed by atoms with Crippen LogP contribution in [0, 0.1) is 10.1 Å². The van der Waals surface area contributed by atoms with Crippen LogP contribution in [0.5, 0.6) is 5.75 Å². The molecule has 31 heavy (non-hydrogen) atoms. The van der Waals surface area contributed by atoms with Gasteiger partial charge >= 0.3 is 12.0 Å². The highest BCUT2D eigenvalue weighted by molar-refractivity contribution is 6.33. The van der Waals surface area contributed by atoms with Crippen LogP contribution in [0.1, 0.15) is 13.8 Å². The summed E-state index contributed by atoms with van der Waals surface area (Å²) in [5.41, 5.74) is -0.232. The Morgan fingerprint density at radius 2 is 1.90 bits per heavy atom. The molecule has 1 aromatic carbocycles. The van der Waals surface area contributed by atoms with Crippen molar-refractivity contribution in [2.24, 2.45) is 0 Å². The van der Waals surface area contributed by atoms with E-state index in [1.807, 2.05) is 20.9 Å². The number of fused-ring (bicyclic) bond motifs is 1. The average Bonchev–Trinajstić information content (AvgIpc) is 2.69. The summed E-state index contributed by atoms with van der Waals surface area (Å²) in [5, 5.41) is 14.4. The molecule has 1 saturated heterocycles. The van der Waals surface area contributed by atoms with Gasteiger partial charge in [-0.1, -0.05) is 25.4 Å². The number of hydrogen-bond acceptors (Lipinski definition) is 7. The molecule has 0 atom stereocenters. The molecule has 0 spiro atoms. The molecular formula is C19H25ClF3N5O3. The first-order chi connectivity index (χ1) is 14.6. The predicted octanol–water partition coefficient (Wildman–Crippen LogP) is 4.38. The molecular weight excluding hydrogens is 439 g/mol. The number of rotatable bonds is 6. The lowest BCUT2D eigenvalue weighted by Gasteiger charge is -2.32. The summed E-state index contributed by atoms with van der Waals surface area (Å²) >= 11 is 5.96. The molecule has 0 amide bonds. The Bertz CT molecular complexity index is 905. The van der Waals surface area contributed by atoms with E-state index in [-0.39, 0.29) is 16.6 Å². The van der Waals surface area contributed by atoms with Gasteiger partial charge in [0.1, 0.15) is 11.4 Å². The fourth-order valence-corrected chi connectivity index (χ4v) is 3.41. The zero-order valence-corrected chi connectivity index (χ0v) is 18.3. The van der Waals surface area contributed by atoms with Crippen molar-refractivity contribution in [2.75, 3.05) is 51.6 Å². The number of pyridine rings is 1. The van der Waals surface area contributed by atoms with E-state index in [0.717, 1.165) is 38.3 Å². The Morgan fingerprint density at radius 1 is 1.26 bits per heavy atom. The third kappa shape index (κ3) is 6.81. The first-order valence-electron chi connectivity index (χ1n) is 9.82. The molecule has 0 unspecified atom stereocenters. The highest BCUT2D eigenvalue weighted by Crippen LogP contribution is 2.39. The first-order valence-corrected chi connectivity index (χ1v) is 10.2. The molecule has 1 N–H and O–H groups in total. The van der Waals surface area contributed by atoms with Gasteiger partial charge in [-0.15, -0.1) is 13.2 Å². The first kappa shape index (κ1) is 24.9. The van der Waals surface area contributed by atoms with E-state index in [0.29, 0.717) is 13.1 Å². The van der Waals surface area contributed by atoms with E-state index in [2.05, 4.69) is 24.8 Å². The Hall–Kier alpha value is -2.37. The third-order valence-electron chi connectivity index (χ3n) is 4.63. The zero-order chi connectivity index (χ0) is 23.2. The van der Waals surface area contributed by atoms with Crippen molar-refractivity contribution in [1.82, 2.24) is 14.8 Å². The fourth-order valence-electron chi connectivity index (χ4n) is 3.16. The lowest BCUT2D eigenvalue weighted by molar-refractivity contribution is -0.384. The summed E-state index contributed by atoms with van der Waals surface area (Å²) < 4.78 is 41.3. The second-order valence-electron chi connectivity index (χ2n) is 6.68. The van der Waals surface area contributed by atoms with E-state index in [1.165, 1.54) is 6.07 Å². The number of nitro groups is 1. The number of benzene rings is 1. The maximum Gasteiger partial charge on any atom is 0.573 e. The molecule has 2 heterocycles. The quantitative estimate of drug-likeness (QED) is 0.386. The highest BCUT2D eigenvalue weighted by atomic mass is 35.5. The third-order valence-corrected chi connectivity index (χ3v) is 4.89. The van der Waals surface area contributed by atoms with Crippen molar-refractivity contribution in [3.05, 3.63) is 33.5 Å². The number of alkyl halides is 3. The lowest BCUT2D eigenvalue weighted by atomic mass is 10.1. The van der Waals surface area contributed by atoms with Gasteiger partial charge in [-0.05, 0) is 19.2 Å². The Balaban J connectivity index is 0.00000166. The molecule has 1 aliphatic rings. The Morgan fingerprint density at radius 3 is 2.48 bits per heavy atom. The number of nitrogens with zero attached hydrogens (tertiary/aromatic N) is 4. The molecule has 3 rings (SSSR count). The van der Waals surface area contributed by atoms with Crippen LogP contribution in [-0.4, -0.2) is 72.4 Å². The van der Waals surface area contributed by atoms with Crippen molar-refractivity contribution in [1.29, 1.82) is 0 Å². The van der Waals surface area contributed by atoms with Crippen molar-refractivity contribution >= 4 is 33.9 Å². The fraction of sp³-hybridized carbons (Fsp3) is 0.526. The topological polar surface area (TPSA) is 83.8 Å². The van der Waals surface area contributed by atoms with Gasteiger partial charge in [0.25, 0.3) is 0 Å². The number of halogens is 4. The molecule has 0 radical (unpaired) electrons. The number of hydrogen-bond donors (Lipinski definition) is 1. The number of aromatic nitrogens is 1. The summed E-state index contributed by atoms with van der Waals surface area (Å²) in [6.45, 7) is 8.70. The van der Waals surface area contributed by atoms with Crippen molar-refractivity contribution < 1.29 is 22.8 Å². The highest BCUT2D eigenvalue weighted by Gasteiger charge is 2.31. The van der Waals surface area contributed by atoms with Crippen LogP contribution >= 0.6 is 11.6 Å². The molecule has 0 bridgehead atoms. The average molecular weight is 464 g/mol. The largest absolute Gasteiger partial charge is 0.573 e. The summed E-state index contributed by atoms with van der Waals surface area (Å²) in [5.74, 6) is -0.481. The summed E-state index contributed by atoms with van der Waals surface area (Å²) in [6.07, 6.45) is -4.86. The van der Waals surface area contributed by atoms with Gasteiger partial charge in [0.05, 0.1) is 10.4 Å². The van der Waals surface area contributed by atoms with Crippen LogP contribution in [0.25, 0.3) is 10.9 Å². The molecule has 2 aromatic rings. The Labute approximate surface area is 183 Å². The van der Waals surface area contributed by atoms with Crippen LogP contribution in [0.2, 0.25) is 5.15 Å². The molecule has 0 aliphatic carbocycles. The minimum Gasteiger partial charge on any atom is -0.406 e. The molecule has 0 saturated carbocycles. The Kier molecular flexibility index (Phi) is 8.66. The molecule has 8 nitrogen and oxygen atoms in total. The van der Waals surface area contributed by atoms with Crippen LogP contribution in [0.15, 0.2) is 18.2 Å². The maximum atomic E-state index is 12.5. The van der Waals surface area contributed by atoms with Gasteiger partial charge < -0.3 is 15.0 Å².